The lowest BCUT2D eigenvalue weighted by Crippen LogP contribution is -2.34. The Labute approximate surface area is 185 Å². The molecule has 162 valence electrons. The van der Waals surface area contributed by atoms with Gasteiger partial charge < -0.3 is 5.11 Å². The van der Waals surface area contributed by atoms with Gasteiger partial charge in [-0.15, -0.1) is 0 Å². The van der Waals surface area contributed by atoms with Crippen LogP contribution in [0.3, 0.4) is 0 Å². The van der Waals surface area contributed by atoms with E-state index >= 15 is 0 Å². The highest BCUT2D eigenvalue weighted by Gasteiger charge is 2.60. The number of aromatic nitrogens is 1. The summed E-state index contributed by atoms with van der Waals surface area (Å²) in [6, 6.07) is 8.56. The van der Waals surface area contributed by atoms with Crippen molar-refractivity contribution in [3.63, 3.8) is 0 Å². The highest BCUT2D eigenvalue weighted by atomic mass is 16.4. The molecule has 2 saturated carbocycles. The van der Waals surface area contributed by atoms with Crippen molar-refractivity contribution in [1.29, 1.82) is 0 Å². The highest BCUT2D eigenvalue weighted by molar-refractivity contribution is 5.87. The van der Waals surface area contributed by atoms with Crippen molar-refractivity contribution in [1.82, 2.24) is 4.98 Å². The van der Waals surface area contributed by atoms with Crippen LogP contribution in [0.25, 0.3) is 6.08 Å². The summed E-state index contributed by atoms with van der Waals surface area (Å²) in [5, 5.41) is 9.09. The third-order valence-corrected chi connectivity index (χ3v) is 8.48. The first-order valence-electron chi connectivity index (χ1n) is 11.6. The molecule has 0 aliphatic heterocycles. The Kier molecular flexibility index (Phi) is 4.32. The number of nitrogens with zero attached hydrogens (tertiary/aromatic N) is 1. The lowest BCUT2D eigenvalue weighted by atomic mass is 9.62. The van der Waals surface area contributed by atoms with Crippen molar-refractivity contribution < 1.29 is 9.90 Å². The van der Waals surface area contributed by atoms with Crippen molar-refractivity contribution in [2.45, 2.75) is 83.0 Å². The molecule has 3 heteroatoms. The molecule has 0 amide bonds. The molecule has 2 unspecified atom stereocenters. The fourth-order valence-corrected chi connectivity index (χ4v) is 6.28. The van der Waals surface area contributed by atoms with Crippen molar-refractivity contribution >= 4 is 12.0 Å². The van der Waals surface area contributed by atoms with E-state index in [1.807, 2.05) is 6.07 Å². The van der Waals surface area contributed by atoms with E-state index in [-0.39, 0.29) is 16.4 Å². The number of carbonyl (C=O) groups is 1. The van der Waals surface area contributed by atoms with Crippen LogP contribution < -0.4 is 0 Å². The quantitative estimate of drug-likeness (QED) is 0.616. The van der Waals surface area contributed by atoms with Crippen molar-refractivity contribution in [3.8, 4) is 0 Å². The molecular formula is C28H33NO2. The lowest BCUT2D eigenvalue weighted by molar-refractivity contribution is 0.0696. The van der Waals surface area contributed by atoms with Crippen LogP contribution in [0.15, 0.2) is 36.0 Å². The van der Waals surface area contributed by atoms with Crippen LogP contribution in [-0.4, -0.2) is 16.1 Å². The van der Waals surface area contributed by atoms with Crippen LogP contribution in [0.2, 0.25) is 0 Å². The zero-order valence-electron chi connectivity index (χ0n) is 19.4. The van der Waals surface area contributed by atoms with Crippen LogP contribution in [0.1, 0.15) is 98.1 Å². The zero-order valence-corrected chi connectivity index (χ0v) is 19.4. The van der Waals surface area contributed by atoms with Crippen LogP contribution >= 0.6 is 0 Å². The van der Waals surface area contributed by atoms with Gasteiger partial charge in [-0.05, 0) is 96.2 Å². The van der Waals surface area contributed by atoms with Gasteiger partial charge in [0.15, 0.2) is 0 Å². The fourth-order valence-electron chi connectivity index (χ4n) is 6.28. The number of hydrogen-bond donors (Lipinski definition) is 1. The molecule has 1 aromatic carbocycles. The first-order chi connectivity index (χ1) is 14.5. The summed E-state index contributed by atoms with van der Waals surface area (Å²) in [6.07, 6.45) is 9.70. The number of carboxylic acids is 1. The van der Waals surface area contributed by atoms with Crippen molar-refractivity contribution in [3.05, 3.63) is 69.5 Å². The Balaban J connectivity index is 1.48. The maximum atomic E-state index is 11.1. The van der Waals surface area contributed by atoms with Gasteiger partial charge in [0, 0.05) is 11.6 Å². The average Bonchev–Trinajstić information content (AvgIpc) is 3.35. The molecule has 0 bridgehead atoms. The Morgan fingerprint density at radius 1 is 1.03 bits per heavy atom. The molecular weight excluding hydrogens is 382 g/mol. The molecule has 5 rings (SSSR count). The largest absolute Gasteiger partial charge is 0.478 e. The Hall–Kier alpha value is -2.42. The van der Waals surface area contributed by atoms with E-state index < -0.39 is 5.97 Å². The molecule has 0 spiro atoms. The van der Waals surface area contributed by atoms with E-state index in [0.717, 1.165) is 12.1 Å². The number of fused-ring (bicyclic) bond motifs is 2. The summed E-state index contributed by atoms with van der Waals surface area (Å²) in [7, 11) is 0. The molecule has 2 fully saturated rings. The number of carboxylic acid groups (broad SMARTS) is 1. The van der Waals surface area contributed by atoms with E-state index in [1.165, 1.54) is 43.0 Å². The van der Waals surface area contributed by atoms with E-state index in [0.29, 0.717) is 11.3 Å². The van der Waals surface area contributed by atoms with Crippen molar-refractivity contribution in [2.24, 2.45) is 5.92 Å². The molecule has 3 nitrogen and oxygen atoms in total. The Morgan fingerprint density at radius 2 is 1.71 bits per heavy atom. The van der Waals surface area contributed by atoms with Gasteiger partial charge in [0.25, 0.3) is 0 Å². The fraction of sp³-hybridized carbons (Fsp3) is 0.500. The summed E-state index contributed by atoms with van der Waals surface area (Å²) in [6.45, 7) is 11.9. The number of allylic oxidation sites excluding steroid dienone is 1. The summed E-state index contributed by atoms with van der Waals surface area (Å²) in [5.74, 6) is -0.326. The minimum Gasteiger partial charge on any atom is -0.478 e. The third kappa shape index (κ3) is 3.16. The van der Waals surface area contributed by atoms with Gasteiger partial charge in [0.05, 0.1) is 11.3 Å². The second kappa shape index (κ2) is 6.54. The maximum Gasteiger partial charge on any atom is 0.337 e. The summed E-state index contributed by atoms with van der Waals surface area (Å²) >= 11 is 0. The van der Waals surface area contributed by atoms with Crippen LogP contribution in [-0.2, 0) is 16.2 Å². The molecule has 1 N–H and O–H groups in total. The van der Waals surface area contributed by atoms with Gasteiger partial charge in [-0.3, -0.25) is 4.98 Å². The maximum absolute atomic E-state index is 11.1. The number of rotatable bonds is 3. The second-order valence-electron chi connectivity index (χ2n) is 11.4. The van der Waals surface area contributed by atoms with Crippen LogP contribution in [0.4, 0.5) is 0 Å². The molecule has 1 heterocycles. The number of benzene rings is 1. The third-order valence-electron chi connectivity index (χ3n) is 8.48. The van der Waals surface area contributed by atoms with Gasteiger partial charge in [-0.25, -0.2) is 4.79 Å². The standard InChI is InChI=1S/C28H33NO2/c1-17-12-22-23(27(4,5)11-10-26(22,2)3)14-21(17)28-9-8-18(24(28)15-28)13-20-7-6-19(16-29-20)25(30)31/h6-7,12-14,16,24H,8-11,15H2,1-5H3,(H,30,31). The van der Waals surface area contributed by atoms with Gasteiger partial charge in [-0.2, -0.15) is 0 Å². The topological polar surface area (TPSA) is 50.2 Å². The monoisotopic (exact) mass is 415 g/mol. The molecule has 3 aliphatic carbocycles. The summed E-state index contributed by atoms with van der Waals surface area (Å²) < 4.78 is 0. The summed E-state index contributed by atoms with van der Waals surface area (Å²) in [4.78, 5) is 15.4. The smallest absolute Gasteiger partial charge is 0.337 e. The predicted molar refractivity (Wildman–Crippen MR) is 125 cm³/mol. The Bertz CT molecular complexity index is 1110. The molecule has 0 radical (unpaired) electrons. The van der Waals surface area contributed by atoms with E-state index in [9.17, 15) is 4.79 Å². The van der Waals surface area contributed by atoms with Crippen molar-refractivity contribution in [2.75, 3.05) is 0 Å². The minimum absolute atomic E-state index is 0.238. The first-order valence-corrected chi connectivity index (χ1v) is 11.6. The number of pyridine rings is 1. The molecule has 3 aliphatic rings. The minimum atomic E-state index is -0.928. The SMILES string of the molecule is Cc1cc2c(cc1C13CCC(=Cc4ccc(C(=O)O)cn4)C1C3)C(C)(C)CCC2(C)C. The van der Waals surface area contributed by atoms with Gasteiger partial charge in [-0.1, -0.05) is 45.4 Å². The molecule has 0 saturated heterocycles. The number of aromatic carboxylic acids is 1. The predicted octanol–water partition coefficient (Wildman–Crippen LogP) is 6.57. The molecule has 31 heavy (non-hydrogen) atoms. The molecule has 2 atom stereocenters. The lowest BCUT2D eigenvalue weighted by Gasteiger charge is -2.43. The van der Waals surface area contributed by atoms with Crippen LogP contribution in [0.5, 0.6) is 0 Å². The average molecular weight is 416 g/mol. The number of aryl methyl sites for hydroxylation is 1. The van der Waals surface area contributed by atoms with Gasteiger partial charge in [0.1, 0.15) is 0 Å². The van der Waals surface area contributed by atoms with E-state index in [1.54, 1.807) is 22.8 Å². The normalized spacial score (nSPS) is 28.8. The molecule has 2 aromatic rings. The highest BCUT2D eigenvalue weighted by Crippen LogP contribution is 2.68. The molecule has 1 aromatic heterocycles. The zero-order chi connectivity index (χ0) is 22.2. The van der Waals surface area contributed by atoms with Gasteiger partial charge in [0.2, 0.25) is 0 Å². The second-order valence-corrected chi connectivity index (χ2v) is 11.4. The van der Waals surface area contributed by atoms with Gasteiger partial charge >= 0.3 is 5.97 Å². The van der Waals surface area contributed by atoms with E-state index in [4.69, 9.17) is 5.11 Å². The Morgan fingerprint density at radius 3 is 2.29 bits per heavy atom. The van der Waals surface area contributed by atoms with E-state index in [2.05, 4.69) is 57.8 Å². The number of hydrogen-bond acceptors (Lipinski definition) is 2. The van der Waals surface area contributed by atoms with Crippen LogP contribution in [0, 0.1) is 12.8 Å². The first kappa shape index (κ1) is 20.5. The summed E-state index contributed by atoms with van der Waals surface area (Å²) in [5.41, 5.74) is 9.51.